The largest absolute Gasteiger partial charge is 0.0651 e. The molecule has 1 saturated carbocycles. The van der Waals surface area contributed by atoms with Gasteiger partial charge in [0.05, 0.1) is 0 Å². The lowest BCUT2D eigenvalue weighted by atomic mass is 9.82. The standard InChI is InChI=1S/C11H22/c1-6-9(3)11(5)8-10(11,4)7-2/h9H,6-8H2,1-5H3. The minimum absolute atomic E-state index is 0.663. The number of hydrogen-bond acceptors (Lipinski definition) is 0. The van der Waals surface area contributed by atoms with Gasteiger partial charge < -0.3 is 0 Å². The van der Waals surface area contributed by atoms with E-state index in [9.17, 15) is 0 Å². The van der Waals surface area contributed by atoms with E-state index >= 15 is 0 Å². The van der Waals surface area contributed by atoms with E-state index in [2.05, 4.69) is 34.6 Å². The molecule has 66 valence electrons. The highest BCUT2D eigenvalue weighted by atomic mass is 14.7. The van der Waals surface area contributed by atoms with Crippen LogP contribution in [0.4, 0.5) is 0 Å². The first kappa shape index (κ1) is 9.09. The highest BCUT2D eigenvalue weighted by Gasteiger charge is 2.61. The molecule has 0 spiro atoms. The van der Waals surface area contributed by atoms with Crippen molar-refractivity contribution in [2.45, 2.75) is 53.9 Å². The van der Waals surface area contributed by atoms with Gasteiger partial charge in [0.1, 0.15) is 0 Å². The van der Waals surface area contributed by atoms with E-state index in [4.69, 9.17) is 0 Å². The minimum Gasteiger partial charge on any atom is -0.0651 e. The van der Waals surface area contributed by atoms with E-state index < -0.39 is 0 Å². The summed E-state index contributed by atoms with van der Waals surface area (Å²) in [7, 11) is 0. The molecule has 3 unspecified atom stereocenters. The molecule has 1 rings (SSSR count). The third-order valence-corrected chi connectivity index (χ3v) is 4.49. The normalized spacial score (nSPS) is 45.5. The van der Waals surface area contributed by atoms with Crippen molar-refractivity contribution in [3.05, 3.63) is 0 Å². The molecule has 0 heterocycles. The van der Waals surface area contributed by atoms with Gasteiger partial charge in [0.2, 0.25) is 0 Å². The SMILES string of the molecule is CCC(C)C1(C)CC1(C)CC. The second-order valence-corrected chi connectivity index (χ2v) is 4.82. The Morgan fingerprint density at radius 2 is 1.82 bits per heavy atom. The molecular formula is C11H22. The molecule has 0 aromatic rings. The van der Waals surface area contributed by atoms with E-state index in [-0.39, 0.29) is 0 Å². The van der Waals surface area contributed by atoms with Gasteiger partial charge >= 0.3 is 0 Å². The maximum atomic E-state index is 2.46. The molecule has 1 fully saturated rings. The van der Waals surface area contributed by atoms with Crippen LogP contribution < -0.4 is 0 Å². The predicted molar refractivity (Wildman–Crippen MR) is 50.6 cm³/mol. The van der Waals surface area contributed by atoms with Gasteiger partial charge in [-0.15, -0.1) is 0 Å². The Kier molecular flexibility index (Phi) is 2.07. The molecule has 0 saturated heterocycles. The first-order valence-corrected chi connectivity index (χ1v) is 5.00. The number of hydrogen-bond donors (Lipinski definition) is 0. The molecular weight excluding hydrogens is 132 g/mol. The average Bonchev–Trinajstić information content (AvgIpc) is 2.56. The fourth-order valence-corrected chi connectivity index (χ4v) is 2.51. The van der Waals surface area contributed by atoms with E-state index in [0.29, 0.717) is 10.8 Å². The monoisotopic (exact) mass is 154 g/mol. The summed E-state index contributed by atoms with van der Waals surface area (Å²) in [6.45, 7) is 11.9. The minimum atomic E-state index is 0.663. The van der Waals surface area contributed by atoms with Crippen LogP contribution in [0.25, 0.3) is 0 Å². The zero-order valence-electron chi connectivity index (χ0n) is 8.70. The Balaban J connectivity index is 2.61. The topological polar surface area (TPSA) is 0 Å². The molecule has 3 atom stereocenters. The highest BCUT2D eigenvalue weighted by Crippen LogP contribution is 2.69. The average molecular weight is 154 g/mol. The van der Waals surface area contributed by atoms with Crippen LogP contribution in [0.1, 0.15) is 53.9 Å². The summed E-state index contributed by atoms with van der Waals surface area (Å²) in [5.74, 6) is 0.910. The van der Waals surface area contributed by atoms with Crippen molar-refractivity contribution >= 4 is 0 Å². The Hall–Kier alpha value is 0. The molecule has 0 bridgehead atoms. The zero-order valence-corrected chi connectivity index (χ0v) is 8.70. The molecule has 0 aromatic heterocycles. The van der Waals surface area contributed by atoms with Crippen molar-refractivity contribution in [2.24, 2.45) is 16.7 Å². The van der Waals surface area contributed by atoms with Crippen LogP contribution in [0, 0.1) is 16.7 Å². The van der Waals surface area contributed by atoms with Gasteiger partial charge in [-0.25, -0.2) is 0 Å². The molecule has 0 aliphatic heterocycles. The van der Waals surface area contributed by atoms with Gasteiger partial charge in [-0.2, -0.15) is 0 Å². The summed E-state index contributed by atoms with van der Waals surface area (Å²) in [6, 6.07) is 0. The Morgan fingerprint density at radius 1 is 1.27 bits per heavy atom. The second-order valence-electron chi connectivity index (χ2n) is 4.82. The van der Waals surface area contributed by atoms with Crippen LogP contribution in [-0.4, -0.2) is 0 Å². The molecule has 0 aromatic carbocycles. The molecule has 1 aliphatic rings. The van der Waals surface area contributed by atoms with E-state index in [1.54, 1.807) is 0 Å². The fourth-order valence-electron chi connectivity index (χ4n) is 2.51. The molecule has 0 N–H and O–H groups in total. The predicted octanol–water partition coefficient (Wildman–Crippen LogP) is 3.86. The Bertz CT molecular complexity index is 150. The van der Waals surface area contributed by atoms with Crippen LogP contribution in [0.2, 0.25) is 0 Å². The quantitative estimate of drug-likeness (QED) is 0.579. The summed E-state index contributed by atoms with van der Waals surface area (Å²) in [6.07, 6.45) is 4.14. The van der Waals surface area contributed by atoms with Crippen LogP contribution in [0.3, 0.4) is 0 Å². The van der Waals surface area contributed by atoms with Crippen molar-refractivity contribution < 1.29 is 0 Å². The van der Waals surface area contributed by atoms with Crippen LogP contribution in [0.5, 0.6) is 0 Å². The summed E-state index contributed by atoms with van der Waals surface area (Å²) in [4.78, 5) is 0. The third-order valence-electron chi connectivity index (χ3n) is 4.49. The molecule has 0 amide bonds. The summed E-state index contributed by atoms with van der Waals surface area (Å²) in [5, 5.41) is 0. The summed E-state index contributed by atoms with van der Waals surface area (Å²) < 4.78 is 0. The summed E-state index contributed by atoms with van der Waals surface area (Å²) in [5.41, 5.74) is 1.33. The van der Waals surface area contributed by atoms with Gasteiger partial charge in [0.15, 0.2) is 0 Å². The van der Waals surface area contributed by atoms with Crippen molar-refractivity contribution in [2.75, 3.05) is 0 Å². The Labute approximate surface area is 71.4 Å². The smallest absolute Gasteiger partial charge is 0.0241 e. The first-order chi connectivity index (χ1) is 5.00. The van der Waals surface area contributed by atoms with Crippen LogP contribution in [-0.2, 0) is 0 Å². The van der Waals surface area contributed by atoms with Crippen molar-refractivity contribution in [3.63, 3.8) is 0 Å². The molecule has 0 nitrogen and oxygen atoms in total. The first-order valence-electron chi connectivity index (χ1n) is 5.00. The maximum absolute atomic E-state index is 2.46. The third kappa shape index (κ3) is 1.11. The lowest BCUT2D eigenvalue weighted by Crippen LogP contribution is -2.15. The highest BCUT2D eigenvalue weighted by molar-refractivity contribution is 5.10. The van der Waals surface area contributed by atoms with E-state index in [0.717, 1.165) is 5.92 Å². The van der Waals surface area contributed by atoms with Crippen molar-refractivity contribution in [1.82, 2.24) is 0 Å². The van der Waals surface area contributed by atoms with Crippen molar-refractivity contribution in [3.8, 4) is 0 Å². The van der Waals surface area contributed by atoms with Gasteiger partial charge in [0, 0.05) is 0 Å². The van der Waals surface area contributed by atoms with Gasteiger partial charge in [-0.3, -0.25) is 0 Å². The Morgan fingerprint density at radius 3 is 2.09 bits per heavy atom. The maximum Gasteiger partial charge on any atom is -0.0241 e. The second kappa shape index (κ2) is 2.50. The lowest BCUT2D eigenvalue weighted by molar-refractivity contribution is 0.262. The molecule has 0 heteroatoms. The van der Waals surface area contributed by atoms with E-state index in [1.807, 2.05) is 0 Å². The molecule has 0 radical (unpaired) electrons. The molecule has 11 heavy (non-hydrogen) atoms. The summed E-state index contributed by atoms with van der Waals surface area (Å²) >= 11 is 0. The van der Waals surface area contributed by atoms with Crippen molar-refractivity contribution in [1.29, 1.82) is 0 Å². The number of rotatable bonds is 3. The lowest BCUT2D eigenvalue weighted by Gasteiger charge is -2.23. The van der Waals surface area contributed by atoms with Gasteiger partial charge in [0.25, 0.3) is 0 Å². The van der Waals surface area contributed by atoms with E-state index in [1.165, 1.54) is 19.3 Å². The van der Waals surface area contributed by atoms with Gasteiger partial charge in [-0.05, 0) is 23.2 Å². The molecule has 1 aliphatic carbocycles. The van der Waals surface area contributed by atoms with Crippen LogP contribution >= 0.6 is 0 Å². The zero-order chi connectivity index (χ0) is 8.70. The van der Waals surface area contributed by atoms with Crippen LogP contribution in [0.15, 0.2) is 0 Å². The fraction of sp³-hybridized carbons (Fsp3) is 1.00. The van der Waals surface area contributed by atoms with Gasteiger partial charge in [-0.1, -0.05) is 47.5 Å².